The third kappa shape index (κ3) is 3.76. The van der Waals surface area contributed by atoms with Crippen LogP contribution in [0.5, 0.6) is 0 Å². The van der Waals surface area contributed by atoms with Crippen LogP contribution in [0.4, 0.5) is 4.79 Å². The van der Waals surface area contributed by atoms with Gasteiger partial charge in [0.1, 0.15) is 0 Å². The molecule has 2 rings (SSSR count). The fourth-order valence-corrected chi connectivity index (χ4v) is 3.22. The van der Waals surface area contributed by atoms with Crippen LogP contribution in [0, 0.1) is 0 Å². The summed E-state index contributed by atoms with van der Waals surface area (Å²) in [6.45, 7) is 5.53. The number of thioether (sulfide) groups is 1. The monoisotopic (exact) mass is 348 g/mol. The highest BCUT2D eigenvalue weighted by molar-refractivity contribution is 8.00. The van der Waals surface area contributed by atoms with E-state index >= 15 is 0 Å². The first-order valence-electron chi connectivity index (χ1n) is 7.63. The summed E-state index contributed by atoms with van der Waals surface area (Å²) in [4.78, 5) is 40.1. The van der Waals surface area contributed by atoms with Crippen molar-refractivity contribution in [1.82, 2.24) is 14.9 Å². The molecule has 0 aliphatic heterocycles. The van der Waals surface area contributed by atoms with Crippen molar-refractivity contribution in [3.63, 3.8) is 0 Å². The number of amides is 3. The van der Waals surface area contributed by atoms with Crippen LogP contribution in [-0.4, -0.2) is 26.7 Å². The molecule has 128 valence electrons. The molecule has 0 saturated heterocycles. The second-order valence-corrected chi connectivity index (χ2v) is 6.77. The second kappa shape index (κ2) is 7.48. The molecular weight excluding hydrogens is 328 g/mol. The molecule has 7 nitrogen and oxygen atoms in total. The predicted octanol–water partition coefficient (Wildman–Crippen LogP) is 2.04. The number of carbonyl (C=O) groups excluding carboxylic acids is 2. The van der Waals surface area contributed by atoms with Gasteiger partial charge in [0, 0.05) is 6.04 Å². The molecule has 2 atom stereocenters. The molecular formula is C16H20N4O3S. The van der Waals surface area contributed by atoms with E-state index in [1.54, 1.807) is 35.8 Å². The number of hydrogen-bond donors (Lipinski definition) is 2. The highest BCUT2D eigenvalue weighted by Crippen LogP contribution is 2.25. The minimum atomic E-state index is -0.904. The minimum Gasteiger partial charge on any atom is -0.351 e. The van der Waals surface area contributed by atoms with Gasteiger partial charge in [-0.2, -0.15) is 0 Å². The molecule has 1 aromatic heterocycles. The van der Waals surface area contributed by atoms with E-state index < -0.39 is 17.2 Å². The smallest absolute Gasteiger partial charge is 0.318 e. The van der Waals surface area contributed by atoms with E-state index in [0.29, 0.717) is 16.1 Å². The Balaban J connectivity index is 2.49. The summed E-state index contributed by atoms with van der Waals surface area (Å²) in [6.07, 6.45) is 0.745. The number of hydrogen-bond acceptors (Lipinski definition) is 5. The number of rotatable bonds is 5. The number of aromatic nitrogens is 2. The van der Waals surface area contributed by atoms with Gasteiger partial charge in [-0.25, -0.2) is 9.78 Å². The van der Waals surface area contributed by atoms with Gasteiger partial charge in [0.2, 0.25) is 5.91 Å². The van der Waals surface area contributed by atoms with Crippen LogP contribution in [0.1, 0.15) is 33.2 Å². The highest BCUT2D eigenvalue weighted by Gasteiger charge is 2.21. The van der Waals surface area contributed by atoms with Gasteiger partial charge < -0.3 is 5.73 Å². The lowest BCUT2D eigenvalue weighted by atomic mass is 10.2. The summed E-state index contributed by atoms with van der Waals surface area (Å²) in [5.74, 6) is -0.523. The Morgan fingerprint density at radius 1 is 1.33 bits per heavy atom. The van der Waals surface area contributed by atoms with Crippen molar-refractivity contribution in [2.45, 2.75) is 43.6 Å². The van der Waals surface area contributed by atoms with Crippen molar-refractivity contribution >= 4 is 34.6 Å². The van der Waals surface area contributed by atoms with Gasteiger partial charge in [0.25, 0.3) is 5.56 Å². The third-order valence-electron chi connectivity index (χ3n) is 3.70. The third-order valence-corrected chi connectivity index (χ3v) is 4.77. The molecule has 3 amide bonds. The quantitative estimate of drug-likeness (QED) is 0.635. The van der Waals surface area contributed by atoms with Crippen LogP contribution >= 0.6 is 11.8 Å². The van der Waals surface area contributed by atoms with E-state index in [2.05, 4.69) is 4.98 Å². The first-order chi connectivity index (χ1) is 11.3. The van der Waals surface area contributed by atoms with Gasteiger partial charge in [0.15, 0.2) is 5.16 Å². The molecule has 0 bridgehead atoms. The van der Waals surface area contributed by atoms with E-state index in [9.17, 15) is 14.4 Å². The predicted molar refractivity (Wildman–Crippen MR) is 94.1 cm³/mol. The number of nitrogens with two attached hydrogens (primary N) is 1. The molecule has 3 N–H and O–H groups in total. The number of urea groups is 1. The summed E-state index contributed by atoms with van der Waals surface area (Å²) in [7, 11) is 0. The molecule has 0 aliphatic carbocycles. The van der Waals surface area contributed by atoms with Gasteiger partial charge in [-0.1, -0.05) is 30.8 Å². The molecule has 0 fully saturated rings. The maximum Gasteiger partial charge on any atom is 0.318 e. The molecule has 0 radical (unpaired) electrons. The lowest BCUT2D eigenvalue weighted by Gasteiger charge is -2.19. The zero-order valence-electron chi connectivity index (χ0n) is 13.8. The van der Waals surface area contributed by atoms with Crippen LogP contribution in [0.2, 0.25) is 0 Å². The normalized spacial score (nSPS) is 13.5. The van der Waals surface area contributed by atoms with Crippen molar-refractivity contribution in [2.24, 2.45) is 5.73 Å². The number of fused-ring (bicyclic) bond motifs is 1. The van der Waals surface area contributed by atoms with E-state index in [1.165, 1.54) is 0 Å². The Morgan fingerprint density at radius 2 is 2.00 bits per heavy atom. The summed E-state index contributed by atoms with van der Waals surface area (Å²) in [6, 6.07) is 6.13. The molecule has 24 heavy (non-hydrogen) atoms. The van der Waals surface area contributed by atoms with Crippen molar-refractivity contribution in [2.75, 3.05) is 0 Å². The van der Waals surface area contributed by atoms with Crippen molar-refractivity contribution in [3.05, 3.63) is 34.6 Å². The zero-order valence-corrected chi connectivity index (χ0v) is 14.6. The highest BCUT2D eigenvalue weighted by atomic mass is 32.2. The Bertz CT molecular complexity index is 834. The van der Waals surface area contributed by atoms with E-state index in [-0.39, 0.29) is 11.6 Å². The molecule has 0 unspecified atom stereocenters. The summed E-state index contributed by atoms with van der Waals surface area (Å²) in [5, 5.41) is 2.40. The molecule has 0 saturated carbocycles. The Hall–Kier alpha value is -2.35. The summed E-state index contributed by atoms with van der Waals surface area (Å²) >= 11 is 1.13. The summed E-state index contributed by atoms with van der Waals surface area (Å²) in [5.41, 5.74) is 5.41. The maximum absolute atomic E-state index is 12.8. The number of primary amides is 1. The second-order valence-electron chi connectivity index (χ2n) is 5.46. The molecule has 0 spiro atoms. The fourth-order valence-electron chi connectivity index (χ4n) is 2.21. The Labute approximate surface area is 143 Å². The van der Waals surface area contributed by atoms with Crippen LogP contribution in [0.15, 0.2) is 34.2 Å². The maximum atomic E-state index is 12.8. The van der Waals surface area contributed by atoms with Crippen LogP contribution in [-0.2, 0) is 4.79 Å². The number of nitrogens with zero attached hydrogens (tertiary/aromatic N) is 2. The van der Waals surface area contributed by atoms with Gasteiger partial charge >= 0.3 is 6.03 Å². The minimum absolute atomic E-state index is 0.0662. The topological polar surface area (TPSA) is 107 Å². The largest absolute Gasteiger partial charge is 0.351 e. The molecule has 0 aliphatic rings. The van der Waals surface area contributed by atoms with E-state index in [0.717, 1.165) is 18.2 Å². The average Bonchev–Trinajstić information content (AvgIpc) is 2.54. The Kier molecular flexibility index (Phi) is 5.61. The first-order valence-corrected chi connectivity index (χ1v) is 8.51. The summed E-state index contributed by atoms with van der Waals surface area (Å²) < 4.78 is 1.60. The van der Waals surface area contributed by atoms with Gasteiger partial charge in [-0.15, -0.1) is 0 Å². The van der Waals surface area contributed by atoms with Crippen LogP contribution in [0.25, 0.3) is 10.9 Å². The van der Waals surface area contributed by atoms with Crippen LogP contribution in [0.3, 0.4) is 0 Å². The van der Waals surface area contributed by atoms with Gasteiger partial charge in [0.05, 0.1) is 16.2 Å². The molecule has 1 aromatic carbocycles. The van der Waals surface area contributed by atoms with Gasteiger partial charge in [-0.05, 0) is 32.4 Å². The van der Waals surface area contributed by atoms with Crippen LogP contribution < -0.4 is 16.6 Å². The van der Waals surface area contributed by atoms with Crippen molar-refractivity contribution < 1.29 is 9.59 Å². The van der Waals surface area contributed by atoms with E-state index in [1.807, 2.05) is 19.2 Å². The Morgan fingerprint density at radius 3 is 2.62 bits per heavy atom. The molecule has 8 heteroatoms. The average molecular weight is 348 g/mol. The zero-order chi connectivity index (χ0) is 17.9. The van der Waals surface area contributed by atoms with Gasteiger partial charge in [-0.3, -0.25) is 19.5 Å². The SMILES string of the molecule is CC[C@H](C)n1c(S[C@H](C)C(=O)NC(N)=O)nc2ccccc2c1=O. The number of carbonyl (C=O) groups is 2. The van der Waals surface area contributed by atoms with Crippen molar-refractivity contribution in [3.8, 4) is 0 Å². The number of imide groups is 1. The number of nitrogens with one attached hydrogen (secondary N) is 1. The van der Waals surface area contributed by atoms with Crippen molar-refractivity contribution in [1.29, 1.82) is 0 Å². The number of para-hydroxylation sites is 1. The first kappa shape index (κ1) is 18.0. The molecule has 2 aromatic rings. The fraction of sp³-hybridized carbons (Fsp3) is 0.375. The lowest BCUT2D eigenvalue weighted by Crippen LogP contribution is -2.39. The molecule has 1 heterocycles. The lowest BCUT2D eigenvalue weighted by molar-refractivity contribution is -0.119. The van der Waals surface area contributed by atoms with E-state index in [4.69, 9.17) is 5.73 Å². The standard InChI is InChI=1S/C16H20N4O3S/c1-4-9(2)20-14(22)11-7-5-6-8-12(11)18-16(20)24-10(3)13(21)19-15(17)23/h5-10H,4H2,1-3H3,(H3,17,19,21,23)/t9-,10+/m0/s1. The number of benzene rings is 1.